The zero-order valence-electron chi connectivity index (χ0n) is 17.7. The number of methoxy groups -OCH3 is 2. The Bertz CT molecular complexity index is 1380. The van der Waals surface area contributed by atoms with Crippen LogP contribution in [0, 0.1) is 11.3 Å². The minimum atomic E-state index is -0.0985. The number of nitriles is 1. The Kier molecular flexibility index (Phi) is 6.43. The van der Waals surface area contributed by atoms with Crippen LogP contribution < -0.4 is 15.0 Å². The maximum atomic E-state index is 13.4. The number of nitrogens with zero attached hydrogens (tertiary/aromatic N) is 3. The predicted octanol–water partition coefficient (Wildman–Crippen LogP) is 4.63. The van der Waals surface area contributed by atoms with E-state index in [0.717, 1.165) is 11.1 Å². The average Bonchev–Trinajstić information content (AvgIpc) is 2.84. The molecule has 0 amide bonds. The fraction of sp³-hybridized carbons (Fsp3) is 0.160. The molecule has 0 radical (unpaired) electrons. The Morgan fingerprint density at radius 2 is 1.78 bits per heavy atom. The zero-order chi connectivity index (χ0) is 22.5. The molecule has 0 atom stereocenters. The number of hydrogen-bond acceptors (Lipinski definition) is 6. The van der Waals surface area contributed by atoms with Gasteiger partial charge >= 0.3 is 0 Å². The number of benzene rings is 3. The van der Waals surface area contributed by atoms with Gasteiger partial charge in [-0.2, -0.15) is 5.26 Å². The van der Waals surface area contributed by atoms with Gasteiger partial charge in [-0.05, 0) is 47.5 Å². The van der Waals surface area contributed by atoms with E-state index in [9.17, 15) is 4.79 Å². The summed E-state index contributed by atoms with van der Waals surface area (Å²) < 4.78 is 12.4. The van der Waals surface area contributed by atoms with Gasteiger partial charge in [0.15, 0.2) is 16.7 Å². The van der Waals surface area contributed by atoms with Gasteiger partial charge in [0.05, 0.1) is 43.3 Å². The maximum absolute atomic E-state index is 13.4. The van der Waals surface area contributed by atoms with Gasteiger partial charge in [0.25, 0.3) is 5.56 Å². The third-order valence-corrected chi connectivity index (χ3v) is 6.09. The first kappa shape index (κ1) is 21.5. The first-order chi connectivity index (χ1) is 15.6. The molecule has 0 saturated carbocycles. The minimum absolute atomic E-state index is 0.0985. The van der Waals surface area contributed by atoms with Gasteiger partial charge in [0.2, 0.25) is 0 Å². The highest BCUT2D eigenvalue weighted by Gasteiger charge is 2.14. The second-order valence-corrected chi connectivity index (χ2v) is 8.04. The molecule has 1 heterocycles. The summed E-state index contributed by atoms with van der Waals surface area (Å²) in [6.45, 7) is 0.345. The molecule has 4 rings (SSSR count). The van der Waals surface area contributed by atoms with Crippen molar-refractivity contribution in [3.63, 3.8) is 0 Å². The fourth-order valence-electron chi connectivity index (χ4n) is 3.44. The minimum Gasteiger partial charge on any atom is -0.493 e. The predicted molar refractivity (Wildman–Crippen MR) is 125 cm³/mol. The van der Waals surface area contributed by atoms with Crippen LogP contribution >= 0.6 is 11.8 Å². The van der Waals surface area contributed by atoms with Crippen molar-refractivity contribution in [2.24, 2.45) is 0 Å². The SMILES string of the molecule is COc1ccc(Cn2c(SCc3cccc(C#N)c3)nc3ccccc3c2=O)cc1OC. The van der Waals surface area contributed by atoms with Crippen molar-refractivity contribution in [3.05, 3.63) is 93.8 Å². The summed E-state index contributed by atoms with van der Waals surface area (Å²) in [5.41, 5.74) is 3.06. The van der Waals surface area contributed by atoms with Crippen LogP contribution in [0.15, 0.2) is 76.7 Å². The van der Waals surface area contributed by atoms with Crippen molar-refractivity contribution in [1.82, 2.24) is 9.55 Å². The Labute approximate surface area is 190 Å². The van der Waals surface area contributed by atoms with Crippen LogP contribution in [0.3, 0.4) is 0 Å². The number of para-hydroxylation sites is 1. The number of fused-ring (bicyclic) bond motifs is 1. The second kappa shape index (κ2) is 9.58. The third-order valence-electron chi connectivity index (χ3n) is 5.04. The summed E-state index contributed by atoms with van der Waals surface area (Å²) in [6, 6.07) is 22.6. The van der Waals surface area contributed by atoms with Gasteiger partial charge in [-0.25, -0.2) is 4.98 Å². The quantitative estimate of drug-likeness (QED) is 0.306. The Balaban J connectivity index is 1.74. The standard InChI is InChI=1S/C25H21N3O3S/c1-30-22-11-10-18(13-23(22)31-2)15-28-24(29)20-8-3-4-9-21(20)27-25(28)32-16-19-7-5-6-17(12-19)14-26/h3-13H,15-16H2,1-2H3. The van der Waals surface area contributed by atoms with Gasteiger partial charge in [-0.3, -0.25) is 9.36 Å². The highest BCUT2D eigenvalue weighted by Crippen LogP contribution is 2.29. The van der Waals surface area contributed by atoms with Crippen LogP contribution in [-0.4, -0.2) is 23.8 Å². The Morgan fingerprint density at radius 3 is 2.56 bits per heavy atom. The van der Waals surface area contributed by atoms with Crippen LogP contribution in [0.1, 0.15) is 16.7 Å². The van der Waals surface area contributed by atoms with Crippen molar-refractivity contribution in [1.29, 1.82) is 5.26 Å². The van der Waals surface area contributed by atoms with E-state index < -0.39 is 0 Å². The molecule has 160 valence electrons. The molecule has 7 heteroatoms. The molecule has 0 bridgehead atoms. The molecule has 0 aliphatic rings. The van der Waals surface area contributed by atoms with Gasteiger partial charge in [0, 0.05) is 5.75 Å². The summed E-state index contributed by atoms with van der Waals surface area (Å²) >= 11 is 1.47. The molecule has 0 spiro atoms. The van der Waals surface area contributed by atoms with E-state index in [1.807, 2.05) is 54.6 Å². The maximum Gasteiger partial charge on any atom is 0.262 e. The van der Waals surface area contributed by atoms with Crippen LogP contribution in [0.4, 0.5) is 0 Å². The van der Waals surface area contributed by atoms with E-state index in [-0.39, 0.29) is 5.56 Å². The lowest BCUT2D eigenvalue weighted by Crippen LogP contribution is -2.24. The molecule has 0 unspecified atom stereocenters. The van der Waals surface area contributed by atoms with E-state index in [4.69, 9.17) is 19.7 Å². The molecule has 6 nitrogen and oxygen atoms in total. The monoisotopic (exact) mass is 443 g/mol. The van der Waals surface area contributed by atoms with Gasteiger partial charge in [0.1, 0.15) is 0 Å². The molecule has 32 heavy (non-hydrogen) atoms. The Morgan fingerprint density at radius 1 is 0.969 bits per heavy atom. The molecule has 0 fully saturated rings. The number of hydrogen-bond donors (Lipinski definition) is 0. The van der Waals surface area contributed by atoms with Gasteiger partial charge in [-0.15, -0.1) is 0 Å². The molecular formula is C25H21N3O3S. The molecule has 0 aliphatic heterocycles. The topological polar surface area (TPSA) is 77.1 Å². The first-order valence-electron chi connectivity index (χ1n) is 9.95. The summed E-state index contributed by atoms with van der Waals surface area (Å²) in [4.78, 5) is 18.1. The molecule has 4 aromatic rings. The van der Waals surface area contributed by atoms with Gasteiger partial charge in [-0.1, -0.05) is 42.1 Å². The molecular weight excluding hydrogens is 422 g/mol. The summed E-state index contributed by atoms with van der Waals surface area (Å²) in [7, 11) is 3.17. The summed E-state index contributed by atoms with van der Waals surface area (Å²) in [5.74, 6) is 1.83. The van der Waals surface area contributed by atoms with E-state index in [1.54, 1.807) is 30.9 Å². The van der Waals surface area contributed by atoms with Crippen LogP contribution in [0.25, 0.3) is 10.9 Å². The summed E-state index contributed by atoms with van der Waals surface area (Å²) in [5, 5.41) is 10.3. The molecule has 0 N–H and O–H groups in total. The number of rotatable bonds is 7. The van der Waals surface area contributed by atoms with E-state index in [1.165, 1.54) is 11.8 Å². The number of thioether (sulfide) groups is 1. The molecule has 0 saturated heterocycles. The van der Waals surface area contributed by atoms with Crippen molar-refractivity contribution >= 4 is 22.7 Å². The second-order valence-electron chi connectivity index (χ2n) is 7.09. The average molecular weight is 444 g/mol. The molecule has 0 aliphatic carbocycles. The highest BCUT2D eigenvalue weighted by atomic mass is 32.2. The molecule has 3 aromatic carbocycles. The smallest absolute Gasteiger partial charge is 0.262 e. The van der Waals surface area contributed by atoms with Gasteiger partial charge < -0.3 is 9.47 Å². The van der Waals surface area contributed by atoms with Crippen molar-refractivity contribution in [2.75, 3.05) is 14.2 Å². The largest absolute Gasteiger partial charge is 0.493 e. The normalized spacial score (nSPS) is 10.7. The van der Waals surface area contributed by atoms with E-state index >= 15 is 0 Å². The van der Waals surface area contributed by atoms with E-state index in [2.05, 4.69) is 6.07 Å². The van der Waals surface area contributed by atoms with Crippen LogP contribution in [0.5, 0.6) is 11.5 Å². The first-order valence-corrected chi connectivity index (χ1v) is 10.9. The lowest BCUT2D eigenvalue weighted by atomic mass is 10.2. The van der Waals surface area contributed by atoms with Crippen molar-refractivity contribution in [3.8, 4) is 17.6 Å². The van der Waals surface area contributed by atoms with Crippen LogP contribution in [-0.2, 0) is 12.3 Å². The number of ether oxygens (including phenoxy) is 2. The fourth-order valence-corrected chi connectivity index (χ4v) is 4.38. The third kappa shape index (κ3) is 4.46. The van der Waals surface area contributed by atoms with Crippen molar-refractivity contribution < 1.29 is 9.47 Å². The van der Waals surface area contributed by atoms with Crippen molar-refractivity contribution in [2.45, 2.75) is 17.5 Å². The molecule has 1 aromatic heterocycles. The van der Waals surface area contributed by atoms with Crippen LogP contribution in [0.2, 0.25) is 0 Å². The lowest BCUT2D eigenvalue weighted by Gasteiger charge is -2.15. The highest BCUT2D eigenvalue weighted by molar-refractivity contribution is 7.98. The lowest BCUT2D eigenvalue weighted by molar-refractivity contribution is 0.354. The zero-order valence-corrected chi connectivity index (χ0v) is 18.6. The van der Waals surface area contributed by atoms with E-state index in [0.29, 0.717) is 45.4 Å². The number of aromatic nitrogens is 2. The summed E-state index contributed by atoms with van der Waals surface area (Å²) in [6.07, 6.45) is 0. The Hall–Kier alpha value is -3.76.